The lowest BCUT2D eigenvalue weighted by Crippen LogP contribution is -2.35. The van der Waals surface area contributed by atoms with Crippen LogP contribution in [0.25, 0.3) is 0 Å². The number of aromatic nitrogens is 1. The maximum atomic E-state index is 13.2. The first-order valence-electron chi connectivity index (χ1n) is 5.94. The average Bonchev–Trinajstić information content (AvgIpc) is 2.16. The normalized spacial score (nSPS) is 11.9. The summed E-state index contributed by atoms with van der Waals surface area (Å²) in [4.78, 5) is 4.09. The van der Waals surface area contributed by atoms with Gasteiger partial charge < -0.3 is 10.6 Å². The van der Waals surface area contributed by atoms with Crippen LogP contribution < -0.4 is 10.6 Å². The molecule has 0 spiro atoms. The van der Waals surface area contributed by atoms with E-state index in [4.69, 9.17) is 0 Å². The number of hydrogen-bond donors (Lipinski definition) is 2. The number of nitrogens with one attached hydrogen (secondary N) is 2. The van der Waals surface area contributed by atoms with Crippen molar-refractivity contribution in [1.82, 2.24) is 10.3 Å². The second kappa shape index (κ2) is 5.45. The van der Waals surface area contributed by atoms with E-state index in [1.807, 2.05) is 13.8 Å². The molecule has 1 rings (SSSR count). The second-order valence-corrected chi connectivity index (χ2v) is 5.56. The number of pyridine rings is 1. The zero-order valence-electron chi connectivity index (χ0n) is 11.3. The summed E-state index contributed by atoms with van der Waals surface area (Å²) in [5.74, 6) is 0.447. The highest BCUT2D eigenvalue weighted by Crippen LogP contribution is 2.15. The molecule has 4 heteroatoms. The van der Waals surface area contributed by atoms with Gasteiger partial charge in [-0.1, -0.05) is 0 Å². The quantitative estimate of drug-likeness (QED) is 0.848. The van der Waals surface area contributed by atoms with Crippen LogP contribution in [0.4, 0.5) is 10.2 Å². The van der Waals surface area contributed by atoms with Crippen LogP contribution in [0, 0.1) is 5.82 Å². The maximum absolute atomic E-state index is 13.2. The van der Waals surface area contributed by atoms with Gasteiger partial charge in [0.25, 0.3) is 0 Å². The Labute approximate surface area is 103 Å². The van der Waals surface area contributed by atoms with Gasteiger partial charge in [-0.25, -0.2) is 9.37 Å². The van der Waals surface area contributed by atoms with Gasteiger partial charge in [0.2, 0.25) is 0 Å². The van der Waals surface area contributed by atoms with Crippen molar-refractivity contribution in [3.05, 3.63) is 23.6 Å². The Kier molecular flexibility index (Phi) is 4.46. The van der Waals surface area contributed by atoms with Gasteiger partial charge in [-0.15, -0.1) is 0 Å². The first-order valence-corrected chi connectivity index (χ1v) is 5.94. The summed E-state index contributed by atoms with van der Waals surface area (Å²) < 4.78 is 13.2. The third-order valence-corrected chi connectivity index (χ3v) is 2.17. The van der Waals surface area contributed by atoms with Crippen LogP contribution in [-0.2, 0) is 6.54 Å². The van der Waals surface area contributed by atoms with Crippen molar-refractivity contribution in [2.24, 2.45) is 0 Å². The molecule has 0 amide bonds. The Bertz CT molecular complexity index is 369. The Morgan fingerprint density at radius 3 is 2.53 bits per heavy atom. The molecule has 0 saturated heterocycles. The molecule has 0 unspecified atom stereocenters. The van der Waals surface area contributed by atoms with Crippen molar-refractivity contribution in [3.8, 4) is 0 Å². The van der Waals surface area contributed by atoms with Crippen molar-refractivity contribution >= 4 is 5.82 Å². The maximum Gasteiger partial charge on any atom is 0.141 e. The van der Waals surface area contributed by atoms with Crippen LogP contribution in [0.5, 0.6) is 0 Å². The van der Waals surface area contributed by atoms with Crippen LogP contribution in [0.3, 0.4) is 0 Å². The van der Waals surface area contributed by atoms with Gasteiger partial charge >= 0.3 is 0 Å². The third kappa shape index (κ3) is 5.13. The number of nitrogens with zero attached hydrogens (tertiary/aromatic N) is 1. The molecular weight excluding hydrogens is 217 g/mol. The Morgan fingerprint density at radius 1 is 1.35 bits per heavy atom. The highest BCUT2D eigenvalue weighted by atomic mass is 19.1. The van der Waals surface area contributed by atoms with E-state index < -0.39 is 0 Å². The Hall–Kier alpha value is -1.16. The van der Waals surface area contributed by atoms with E-state index in [0.29, 0.717) is 6.54 Å². The van der Waals surface area contributed by atoms with Crippen LogP contribution >= 0.6 is 0 Å². The summed E-state index contributed by atoms with van der Waals surface area (Å²) in [5.41, 5.74) is 0.857. The average molecular weight is 239 g/mol. The first kappa shape index (κ1) is 13.9. The third-order valence-electron chi connectivity index (χ3n) is 2.17. The van der Waals surface area contributed by atoms with Crippen molar-refractivity contribution in [1.29, 1.82) is 0 Å². The first-order chi connectivity index (χ1) is 7.78. The predicted octanol–water partition coefficient (Wildman–Crippen LogP) is 2.93. The fourth-order valence-corrected chi connectivity index (χ4v) is 1.38. The molecule has 96 valence electrons. The fourth-order valence-electron chi connectivity index (χ4n) is 1.38. The van der Waals surface area contributed by atoms with Gasteiger partial charge in [-0.05, 0) is 40.7 Å². The molecule has 1 aromatic heterocycles. The largest absolute Gasteiger partial charge is 0.368 e. The molecule has 0 fully saturated rings. The zero-order valence-corrected chi connectivity index (χ0v) is 11.3. The van der Waals surface area contributed by atoms with Crippen LogP contribution in [0.1, 0.15) is 40.2 Å². The second-order valence-electron chi connectivity index (χ2n) is 5.56. The fraction of sp³-hybridized carbons (Fsp3) is 0.615. The Morgan fingerprint density at radius 2 is 2.00 bits per heavy atom. The highest BCUT2D eigenvalue weighted by molar-refractivity contribution is 5.44. The summed E-state index contributed by atoms with van der Waals surface area (Å²) in [6, 6.07) is 1.80. The van der Waals surface area contributed by atoms with E-state index in [9.17, 15) is 4.39 Å². The van der Waals surface area contributed by atoms with E-state index >= 15 is 0 Å². The zero-order chi connectivity index (χ0) is 13.1. The summed E-state index contributed by atoms with van der Waals surface area (Å²) in [6.45, 7) is 10.9. The number of anilines is 1. The molecule has 3 nitrogen and oxygen atoms in total. The molecule has 0 aliphatic heterocycles. The standard InChI is InChI=1S/C13H22FN3/c1-9(2)17-12-10(6-11(14)8-15-12)7-16-13(3,4)5/h6,8-9,16H,7H2,1-5H3,(H,15,17). The van der Waals surface area contributed by atoms with Gasteiger partial charge in [-0.3, -0.25) is 0 Å². The molecule has 0 radical (unpaired) electrons. The molecule has 0 aromatic carbocycles. The van der Waals surface area contributed by atoms with Gasteiger partial charge in [0.05, 0.1) is 6.20 Å². The number of halogens is 1. The predicted molar refractivity (Wildman–Crippen MR) is 69.5 cm³/mol. The van der Waals surface area contributed by atoms with Crippen LogP contribution in [-0.4, -0.2) is 16.6 Å². The molecule has 0 aliphatic rings. The van der Waals surface area contributed by atoms with E-state index in [2.05, 4.69) is 36.4 Å². The molecule has 1 heterocycles. The SMILES string of the molecule is CC(C)Nc1ncc(F)cc1CNC(C)(C)C. The van der Waals surface area contributed by atoms with Crippen molar-refractivity contribution in [2.45, 2.75) is 52.7 Å². The van der Waals surface area contributed by atoms with Gasteiger partial charge in [0.15, 0.2) is 0 Å². The minimum atomic E-state index is -0.301. The lowest BCUT2D eigenvalue weighted by molar-refractivity contribution is 0.423. The number of rotatable bonds is 4. The Balaban J connectivity index is 2.83. The number of hydrogen-bond acceptors (Lipinski definition) is 3. The minimum absolute atomic E-state index is 0.00141. The molecule has 17 heavy (non-hydrogen) atoms. The van der Waals surface area contributed by atoms with E-state index in [1.165, 1.54) is 12.3 Å². The molecule has 0 aliphatic carbocycles. The van der Waals surface area contributed by atoms with E-state index in [1.54, 1.807) is 0 Å². The summed E-state index contributed by atoms with van der Waals surface area (Å²) in [5, 5.41) is 6.55. The molecule has 0 bridgehead atoms. The van der Waals surface area contributed by atoms with Gasteiger partial charge in [0, 0.05) is 23.7 Å². The summed E-state index contributed by atoms with van der Waals surface area (Å²) in [7, 11) is 0. The molecular formula is C13H22FN3. The lowest BCUT2D eigenvalue weighted by Gasteiger charge is -2.22. The molecule has 2 N–H and O–H groups in total. The van der Waals surface area contributed by atoms with Crippen molar-refractivity contribution in [3.63, 3.8) is 0 Å². The van der Waals surface area contributed by atoms with E-state index in [-0.39, 0.29) is 17.4 Å². The van der Waals surface area contributed by atoms with Crippen LogP contribution in [0.2, 0.25) is 0 Å². The van der Waals surface area contributed by atoms with Crippen LogP contribution in [0.15, 0.2) is 12.3 Å². The van der Waals surface area contributed by atoms with E-state index in [0.717, 1.165) is 11.4 Å². The summed E-state index contributed by atoms with van der Waals surface area (Å²) in [6.07, 6.45) is 1.24. The smallest absolute Gasteiger partial charge is 0.141 e. The molecule has 1 aromatic rings. The molecule has 0 saturated carbocycles. The monoisotopic (exact) mass is 239 g/mol. The molecule has 0 atom stereocenters. The van der Waals surface area contributed by atoms with Crippen molar-refractivity contribution in [2.75, 3.05) is 5.32 Å². The summed E-state index contributed by atoms with van der Waals surface area (Å²) >= 11 is 0. The highest BCUT2D eigenvalue weighted by Gasteiger charge is 2.12. The minimum Gasteiger partial charge on any atom is -0.368 e. The van der Waals surface area contributed by atoms with Gasteiger partial charge in [0.1, 0.15) is 11.6 Å². The topological polar surface area (TPSA) is 37.0 Å². The van der Waals surface area contributed by atoms with Crippen molar-refractivity contribution < 1.29 is 4.39 Å². The lowest BCUT2D eigenvalue weighted by atomic mass is 10.1. The van der Waals surface area contributed by atoms with Gasteiger partial charge in [-0.2, -0.15) is 0 Å².